The zero-order valence-electron chi connectivity index (χ0n) is 11.4. The molecule has 1 rings (SSSR count). The number of carbonyl (C=O) groups is 2. The third-order valence-electron chi connectivity index (χ3n) is 2.63. The molecule has 6 nitrogen and oxygen atoms in total. The second-order valence-electron chi connectivity index (χ2n) is 4.54. The Morgan fingerprint density at radius 3 is 1.95 bits per heavy atom. The molecule has 0 heterocycles. The number of hydrogen-bond donors (Lipinski definition) is 2. The van der Waals surface area contributed by atoms with E-state index in [9.17, 15) is 19.6 Å². The van der Waals surface area contributed by atoms with Crippen LogP contribution in [0.4, 0.5) is 0 Å². The SMILES string of the molecule is CN(C)C(=O)c1cccc(B(O)O)c1C(=O)N(C)C. The second-order valence-corrected chi connectivity index (χ2v) is 4.54. The Hall–Kier alpha value is -1.86. The van der Waals surface area contributed by atoms with Crippen LogP contribution in [0.2, 0.25) is 0 Å². The number of carbonyl (C=O) groups excluding carboxylic acids is 2. The highest BCUT2D eigenvalue weighted by Crippen LogP contribution is 2.11. The monoisotopic (exact) mass is 264 g/mol. The van der Waals surface area contributed by atoms with E-state index in [-0.39, 0.29) is 22.5 Å². The van der Waals surface area contributed by atoms with Crippen molar-refractivity contribution in [1.29, 1.82) is 0 Å². The minimum atomic E-state index is -1.81. The van der Waals surface area contributed by atoms with Crippen molar-refractivity contribution < 1.29 is 19.6 Å². The van der Waals surface area contributed by atoms with Crippen molar-refractivity contribution in [3.8, 4) is 0 Å². The van der Waals surface area contributed by atoms with Crippen molar-refractivity contribution in [3.63, 3.8) is 0 Å². The molecule has 0 aliphatic heterocycles. The highest BCUT2D eigenvalue weighted by Gasteiger charge is 2.27. The van der Waals surface area contributed by atoms with Crippen LogP contribution in [0.1, 0.15) is 20.7 Å². The summed E-state index contributed by atoms with van der Waals surface area (Å²) in [5.74, 6) is -0.818. The van der Waals surface area contributed by atoms with Crippen molar-refractivity contribution >= 4 is 24.4 Å². The molecule has 0 atom stereocenters. The maximum Gasteiger partial charge on any atom is 0.489 e. The summed E-state index contributed by atoms with van der Waals surface area (Å²) in [6.45, 7) is 0. The lowest BCUT2D eigenvalue weighted by Gasteiger charge is -2.19. The maximum absolute atomic E-state index is 12.2. The smallest absolute Gasteiger partial charge is 0.423 e. The topological polar surface area (TPSA) is 81.1 Å². The number of hydrogen-bond acceptors (Lipinski definition) is 4. The first kappa shape index (κ1) is 15.2. The van der Waals surface area contributed by atoms with Crippen LogP contribution in [0.5, 0.6) is 0 Å². The number of amides is 2. The lowest BCUT2D eigenvalue weighted by molar-refractivity contribution is 0.0791. The van der Waals surface area contributed by atoms with E-state index in [0.29, 0.717) is 0 Å². The predicted octanol–water partition coefficient (Wildman–Crippen LogP) is -1.23. The molecule has 0 aromatic heterocycles. The van der Waals surface area contributed by atoms with Gasteiger partial charge < -0.3 is 19.8 Å². The molecule has 19 heavy (non-hydrogen) atoms. The summed E-state index contributed by atoms with van der Waals surface area (Å²) in [7, 11) is 4.39. The van der Waals surface area contributed by atoms with Gasteiger partial charge in [0.25, 0.3) is 11.8 Å². The molecule has 2 amide bonds. The molecule has 0 saturated carbocycles. The summed E-state index contributed by atoms with van der Waals surface area (Å²) in [4.78, 5) is 26.8. The number of benzene rings is 1. The van der Waals surface area contributed by atoms with Gasteiger partial charge in [-0.15, -0.1) is 0 Å². The van der Waals surface area contributed by atoms with Crippen LogP contribution in [0.25, 0.3) is 0 Å². The highest BCUT2D eigenvalue weighted by atomic mass is 16.4. The zero-order chi connectivity index (χ0) is 14.7. The fourth-order valence-electron chi connectivity index (χ4n) is 1.67. The van der Waals surface area contributed by atoms with Gasteiger partial charge in [0.05, 0.1) is 11.1 Å². The van der Waals surface area contributed by atoms with Gasteiger partial charge in [-0.3, -0.25) is 9.59 Å². The normalized spacial score (nSPS) is 10.0. The van der Waals surface area contributed by atoms with E-state index < -0.39 is 13.0 Å². The van der Waals surface area contributed by atoms with E-state index in [1.807, 2.05) is 0 Å². The predicted molar refractivity (Wildman–Crippen MR) is 72.3 cm³/mol. The molecule has 0 fully saturated rings. The fourth-order valence-corrected chi connectivity index (χ4v) is 1.67. The molecular weight excluding hydrogens is 247 g/mol. The van der Waals surface area contributed by atoms with Gasteiger partial charge in [0.1, 0.15) is 0 Å². The molecule has 0 aliphatic carbocycles. The van der Waals surface area contributed by atoms with Crippen LogP contribution >= 0.6 is 0 Å². The molecule has 0 saturated heterocycles. The molecule has 1 aromatic rings. The third kappa shape index (κ3) is 3.13. The summed E-state index contributed by atoms with van der Waals surface area (Å²) < 4.78 is 0. The van der Waals surface area contributed by atoms with Crippen LogP contribution in [-0.2, 0) is 0 Å². The molecule has 2 N–H and O–H groups in total. The number of rotatable bonds is 3. The average molecular weight is 264 g/mol. The van der Waals surface area contributed by atoms with Gasteiger partial charge in [0.2, 0.25) is 0 Å². The molecule has 0 unspecified atom stereocenters. The van der Waals surface area contributed by atoms with E-state index in [2.05, 4.69) is 0 Å². The first-order valence-electron chi connectivity index (χ1n) is 5.69. The molecule has 1 aromatic carbocycles. The molecule has 0 bridgehead atoms. The Kier molecular flexibility index (Phi) is 4.69. The molecular formula is C12H17BN2O4. The lowest BCUT2D eigenvalue weighted by atomic mass is 9.75. The van der Waals surface area contributed by atoms with Crippen molar-refractivity contribution in [1.82, 2.24) is 9.80 Å². The molecule has 7 heteroatoms. The Balaban J connectivity index is 3.51. The van der Waals surface area contributed by atoms with Crippen LogP contribution < -0.4 is 5.46 Å². The Morgan fingerprint density at radius 1 is 1.00 bits per heavy atom. The van der Waals surface area contributed by atoms with Gasteiger partial charge in [0, 0.05) is 28.2 Å². The van der Waals surface area contributed by atoms with Crippen LogP contribution in [0, 0.1) is 0 Å². The van der Waals surface area contributed by atoms with E-state index in [1.165, 1.54) is 42.1 Å². The van der Waals surface area contributed by atoms with Crippen LogP contribution in [-0.4, -0.2) is 67.0 Å². The lowest BCUT2D eigenvalue weighted by Crippen LogP contribution is -2.40. The summed E-state index contributed by atoms with van der Waals surface area (Å²) in [5.41, 5.74) is 0.182. The minimum Gasteiger partial charge on any atom is -0.423 e. The summed E-state index contributed by atoms with van der Waals surface area (Å²) in [5, 5.41) is 18.7. The van der Waals surface area contributed by atoms with Crippen LogP contribution in [0.3, 0.4) is 0 Å². The van der Waals surface area contributed by atoms with E-state index in [4.69, 9.17) is 0 Å². The van der Waals surface area contributed by atoms with Crippen molar-refractivity contribution in [2.45, 2.75) is 0 Å². The standard InChI is InChI=1S/C12H17BN2O4/c1-14(2)11(16)8-6-5-7-9(13(18)19)10(8)12(17)15(3)4/h5-7,18-19H,1-4H3. The Labute approximate surface area is 112 Å². The number of nitrogens with zero attached hydrogens (tertiary/aromatic N) is 2. The van der Waals surface area contributed by atoms with E-state index >= 15 is 0 Å². The summed E-state index contributed by atoms with van der Waals surface area (Å²) >= 11 is 0. The van der Waals surface area contributed by atoms with Crippen molar-refractivity contribution in [2.24, 2.45) is 0 Å². The van der Waals surface area contributed by atoms with Gasteiger partial charge >= 0.3 is 7.12 Å². The fraction of sp³-hybridized carbons (Fsp3) is 0.333. The van der Waals surface area contributed by atoms with E-state index in [0.717, 1.165) is 0 Å². The van der Waals surface area contributed by atoms with Crippen LogP contribution in [0.15, 0.2) is 18.2 Å². The van der Waals surface area contributed by atoms with Gasteiger partial charge in [-0.2, -0.15) is 0 Å². The largest absolute Gasteiger partial charge is 0.489 e. The average Bonchev–Trinajstić information content (AvgIpc) is 2.35. The third-order valence-corrected chi connectivity index (χ3v) is 2.63. The quantitative estimate of drug-likeness (QED) is 0.670. The first-order valence-corrected chi connectivity index (χ1v) is 5.69. The molecule has 0 spiro atoms. The summed E-state index contributed by atoms with van der Waals surface area (Å²) in [6.07, 6.45) is 0. The van der Waals surface area contributed by atoms with Crippen molar-refractivity contribution in [2.75, 3.05) is 28.2 Å². The maximum atomic E-state index is 12.2. The van der Waals surface area contributed by atoms with Gasteiger partial charge in [-0.1, -0.05) is 12.1 Å². The van der Waals surface area contributed by atoms with Gasteiger partial charge in [-0.25, -0.2) is 0 Å². The van der Waals surface area contributed by atoms with Gasteiger partial charge in [-0.05, 0) is 11.5 Å². The molecule has 0 aliphatic rings. The Morgan fingerprint density at radius 2 is 1.53 bits per heavy atom. The van der Waals surface area contributed by atoms with Crippen molar-refractivity contribution in [3.05, 3.63) is 29.3 Å². The first-order chi connectivity index (χ1) is 8.77. The zero-order valence-corrected chi connectivity index (χ0v) is 11.4. The minimum absolute atomic E-state index is 0.0150. The Bertz CT molecular complexity index is 501. The molecule has 102 valence electrons. The highest BCUT2D eigenvalue weighted by molar-refractivity contribution is 6.60. The van der Waals surface area contributed by atoms with Gasteiger partial charge in [0.15, 0.2) is 0 Å². The molecule has 0 radical (unpaired) electrons. The second kappa shape index (κ2) is 5.86. The van der Waals surface area contributed by atoms with E-state index in [1.54, 1.807) is 14.1 Å². The summed E-state index contributed by atoms with van der Waals surface area (Å²) in [6, 6.07) is 4.41.